The van der Waals surface area contributed by atoms with E-state index in [4.69, 9.17) is 11.6 Å². The number of nitrogens with zero attached hydrogens (tertiary/aromatic N) is 5. The summed E-state index contributed by atoms with van der Waals surface area (Å²) in [6, 6.07) is 15.7. The van der Waals surface area contributed by atoms with E-state index in [-0.39, 0.29) is 11.5 Å². The van der Waals surface area contributed by atoms with Crippen molar-refractivity contribution in [1.82, 2.24) is 14.9 Å². The molecule has 0 spiro atoms. The molecule has 2 aromatic carbocycles. The van der Waals surface area contributed by atoms with Crippen LogP contribution >= 0.6 is 11.6 Å². The van der Waals surface area contributed by atoms with Gasteiger partial charge in [-0.25, -0.2) is 9.97 Å². The van der Waals surface area contributed by atoms with Gasteiger partial charge in [-0.3, -0.25) is 15.0 Å². The maximum Gasteiger partial charge on any atom is 0.353 e. The second-order valence-electron chi connectivity index (χ2n) is 7.44. The Labute approximate surface area is 185 Å². The van der Waals surface area contributed by atoms with Gasteiger partial charge < -0.3 is 10.2 Å². The Morgan fingerprint density at radius 1 is 1.06 bits per heavy atom. The van der Waals surface area contributed by atoms with Crippen molar-refractivity contribution in [2.45, 2.75) is 13.5 Å². The van der Waals surface area contributed by atoms with Crippen molar-refractivity contribution in [2.24, 2.45) is 0 Å². The van der Waals surface area contributed by atoms with Crippen molar-refractivity contribution >= 4 is 34.6 Å². The summed E-state index contributed by atoms with van der Waals surface area (Å²) < 4.78 is 0. The van der Waals surface area contributed by atoms with Crippen LogP contribution in [0.4, 0.5) is 23.0 Å². The minimum Gasteiger partial charge on any atom is -0.348 e. The van der Waals surface area contributed by atoms with E-state index in [1.54, 1.807) is 12.1 Å². The highest BCUT2D eigenvalue weighted by molar-refractivity contribution is 6.31. The van der Waals surface area contributed by atoms with Gasteiger partial charge in [0.15, 0.2) is 0 Å². The third-order valence-corrected chi connectivity index (χ3v) is 5.84. The summed E-state index contributed by atoms with van der Waals surface area (Å²) in [5.74, 6) is 0.494. The molecule has 9 heteroatoms. The lowest BCUT2D eigenvalue weighted by Gasteiger charge is -2.35. The van der Waals surface area contributed by atoms with Crippen molar-refractivity contribution < 1.29 is 4.92 Å². The van der Waals surface area contributed by atoms with Gasteiger partial charge in [0.05, 0.1) is 4.92 Å². The minimum atomic E-state index is -0.423. The normalized spacial score (nSPS) is 14.5. The molecule has 8 nitrogen and oxygen atoms in total. The van der Waals surface area contributed by atoms with Crippen molar-refractivity contribution in [2.75, 3.05) is 36.4 Å². The molecule has 2 heterocycles. The van der Waals surface area contributed by atoms with Gasteiger partial charge in [0, 0.05) is 43.4 Å². The smallest absolute Gasteiger partial charge is 0.348 e. The van der Waals surface area contributed by atoms with Gasteiger partial charge in [0.1, 0.15) is 6.33 Å². The summed E-state index contributed by atoms with van der Waals surface area (Å²) in [5, 5.41) is 15.6. The maximum absolute atomic E-state index is 12.0. The SMILES string of the molecule is Cc1c(Cl)cccc1Nc1ncnc(N2CCN(Cc3ccccc3)CC2)c1[N+](=O)[O-]. The largest absolute Gasteiger partial charge is 0.353 e. The second kappa shape index (κ2) is 9.28. The number of halogens is 1. The van der Waals surface area contributed by atoms with Crippen LogP contribution in [-0.4, -0.2) is 46.0 Å². The summed E-state index contributed by atoms with van der Waals surface area (Å²) in [7, 11) is 0. The Balaban J connectivity index is 1.53. The van der Waals surface area contributed by atoms with Gasteiger partial charge in [-0.05, 0) is 30.2 Å². The first kappa shape index (κ1) is 21.0. The van der Waals surface area contributed by atoms with Crippen LogP contribution in [-0.2, 0) is 6.54 Å². The molecule has 0 saturated carbocycles. The van der Waals surface area contributed by atoms with Crippen LogP contribution in [0.1, 0.15) is 11.1 Å². The van der Waals surface area contributed by atoms with Gasteiger partial charge >= 0.3 is 5.69 Å². The first-order chi connectivity index (χ1) is 15.0. The summed E-state index contributed by atoms with van der Waals surface area (Å²) in [4.78, 5) is 24.2. The van der Waals surface area contributed by atoms with Gasteiger partial charge in [-0.15, -0.1) is 0 Å². The number of aromatic nitrogens is 2. The van der Waals surface area contributed by atoms with Crippen LogP contribution in [0, 0.1) is 17.0 Å². The van der Waals surface area contributed by atoms with E-state index in [0.717, 1.165) is 25.2 Å². The Morgan fingerprint density at radius 2 is 1.81 bits per heavy atom. The first-order valence-electron chi connectivity index (χ1n) is 10.1. The first-order valence-corrected chi connectivity index (χ1v) is 10.4. The zero-order valence-corrected chi connectivity index (χ0v) is 17.9. The monoisotopic (exact) mass is 438 g/mol. The number of hydrogen-bond acceptors (Lipinski definition) is 7. The molecule has 1 N–H and O–H groups in total. The molecular formula is C22H23ClN6O2. The summed E-state index contributed by atoms with van der Waals surface area (Å²) >= 11 is 6.19. The molecule has 160 valence electrons. The van der Waals surface area contributed by atoms with Crippen LogP contribution in [0.2, 0.25) is 5.02 Å². The van der Waals surface area contributed by atoms with Crippen molar-refractivity contribution in [3.05, 3.63) is 81.1 Å². The zero-order valence-electron chi connectivity index (χ0n) is 17.2. The molecule has 1 saturated heterocycles. The summed E-state index contributed by atoms with van der Waals surface area (Å²) in [6.45, 7) is 5.62. The highest BCUT2D eigenvalue weighted by Gasteiger charge is 2.29. The van der Waals surface area contributed by atoms with Crippen LogP contribution in [0.5, 0.6) is 0 Å². The Kier molecular flexibility index (Phi) is 6.29. The maximum atomic E-state index is 12.0. The van der Waals surface area contributed by atoms with Crippen LogP contribution in [0.15, 0.2) is 54.9 Å². The van der Waals surface area contributed by atoms with Crippen LogP contribution in [0.25, 0.3) is 0 Å². The van der Waals surface area contributed by atoms with Crippen molar-refractivity contribution in [1.29, 1.82) is 0 Å². The molecule has 0 amide bonds. The quantitative estimate of drug-likeness (QED) is 0.450. The molecule has 0 unspecified atom stereocenters. The Hall–Kier alpha value is -3.23. The number of nitrogens with one attached hydrogen (secondary N) is 1. The number of piperazine rings is 1. The lowest BCUT2D eigenvalue weighted by Crippen LogP contribution is -2.46. The van der Waals surface area contributed by atoms with Gasteiger partial charge in [-0.2, -0.15) is 0 Å². The molecule has 1 aromatic heterocycles. The number of rotatable bonds is 6. The highest BCUT2D eigenvalue weighted by atomic mass is 35.5. The van der Waals surface area contributed by atoms with Gasteiger partial charge in [0.25, 0.3) is 0 Å². The van der Waals surface area contributed by atoms with Gasteiger partial charge in [0.2, 0.25) is 11.6 Å². The van der Waals surface area contributed by atoms with Crippen LogP contribution in [0.3, 0.4) is 0 Å². The molecule has 0 bridgehead atoms. The number of hydrogen-bond donors (Lipinski definition) is 1. The molecule has 1 aliphatic heterocycles. The lowest BCUT2D eigenvalue weighted by atomic mass is 10.2. The predicted octanol–water partition coefficient (Wildman–Crippen LogP) is 4.41. The standard InChI is InChI=1S/C22H23ClN6O2/c1-16-18(23)8-5-9-19(16)26-21-20(29(30)31)22(25-15-24-21)28-12-10-27(11-13-28)14-17-6-3-2-4-7-17/h2-9,15H,10-14H2,1H3,(H,24,25,26). The second-order valence-corrected chi connectivity index (χ2v) is 7.84. The Morgan fingerprint density at radius 3 is 2.52 bits per heavy atom. The molecule has 31 heavy (non-hydrogen) atoms. The minimum absolute atomic E-state index is 0.126. The van der Waals surface area contributed by atoms with Crippen LogP contribution < -0.4 is 10.2 Å². The average molecular weight is 439 g/mol. The van der Waals surface area contributed by atoms with E-state index < -0.39 is 4.92 Å². The van der Waals surface area contributed by atoms with Crippen molar-refractivity contribution in [3.8, 4) is 0 Å². The molecule has 3 aromatic rings. The molecule has 0 radical (unpaired) electrons. The fourth-order valence-corrected chi connectivity index (χ4v) is 3.86. The molecule has 4 rings (SSSR count). The number of nitro groups is 1. The van der Waals surface area contributed by atoms with Gasteiger partial charge in [-0.1, -0.05) is 48.0 Å². The molecular weight excluding hydrogens is 416 g/mol. The van der Waals surface area contributed by atoms with E-state index >= 15 is 0 Å². The Bertz CT molecular complexity index is 1070. The third-order valence-electron chi connectivity index (χ3n) is 5.43. The van der Waals surface area contributed by atoms with E-state index in [1.807, 2.05) is 36.1 Å². The molecule has 0 atom stereocenters. The van der Waals surface area contributed by atoms with Crippen molar-refractivity contribution in [3.63, 3.8) is 0 Å². The van der Waals surface area contributed by atoms with E-state index in [0.29, 0.717) is 29.6 Å². The topological polar surface area (TPSA) is 87.4 Å². The summed E-state index contributed by atoms with van der Waals surface area (Å²) in [5.41, 5.74) is 2.60. The zero-order chi connectivity index (χ0) is 21.8. The molecule has 1 fully saturated rings. The summed E-state index contributed by atoms with van der Waals surface area (Å²) in [6.07, 6.45) is 1.36. The number of benzene rings is 2. The fourth-order valence-electron chi connectivity index (χ4n) is 3.69. The molecule has 0 aliphatic carbocycles. The third kappa shape index (κ3) is 4.76. The van der Waals surface area contributed by atoms with E-state index in [9.17, 15) is 10.1 Å². The highest BCUT2D eigenvalue weighted by Crippen LogP contribution is 2.35. The predicted molar refractivity (Wildman–Crippen MR) is 122 cm³/mol. The van der Waals surface area contributed by atoms with E-state index in [1.165, 1.54) is 11.9 Å². The number of anilines is 3. The fraction of sp³-hybridized carbons (Fsp3) is 0.273. The molecule has 1 aliphatic rings. The van der Waals surface area contributed by atoms with E-state index in [2.05, 4.69) is 32.3 Å². The average Bonchev–Trinajstić information content (AvgIpc) is 2.78. The lowest BCUT2D eigenvalue weighted by molar-refractivity contribution is -0.383.